The zero-order valence-electron chi connectivity index (χ0n) is 15.2. The minimum absolute atomic E-state index is 0. The van der Waals surface area contributed by atoms with Crippen molar-refractivity contribution in [1.29, 1.82) is 0 Å². The molecule has 0 atom stereocenters. The molecule has 2 aromatic rings. The fourth-order valence-electron chi connectivity index (χ4n) is 2.59. The van der Waals surface area contributed by atoms with Crippen molar-refractivity contribution in [3.63, 3.8) is 0 Å². The number of nitrogens with two attached hydrogens (primary N) is 1. The molecule has 8 nitrogen and oxygen atoms in total. The number of fused-ring (bicyclic) bond motifs is 1. The SMILES string of the molecule is CN(C)c1ncc(CN=C(N)Nc2ccc3c(c2)OCCCO3)n1C.I. The van der Waals surface area contributed by atoms with E-state index in [1.54, 1.807) is 6.20 Å². The number of hydrogen-bond acceptors (Lipinski definition) is 5. The molecule has 1 aliphatic heterocycles. The second kappa shape index (κ2) is 8.97. The number of ether oxygens (including phenoxy) is 2. The van der Waals surface area contributed by atoms with E-state index in [-0.39, 0.29) is 24.0 Å². The first kappa shape index (κ1) is 20.1. The fourth-order valence-corrected chi connectivity index (χ4v) is 2.59. The zero-order chi connectivity index (χ0) is 17.8. The quantitative estimate of drug-likeness (QED) is 0.403. The second-order valence-electron chi connectivity index (χ2n) is 6.04. The Balaban J connectivity index is 0.00000243. The van der Waals surface area contributed by atoms with Crippen LogP contribution >= 0.6 is 24.0 Å². The summed E-state index contributed by atoms with van der Waals surface area (Å²) in [5.41, 5.74) is 7.79. The van der Waals surface area contributed by atoms with E-state index in [0.29, 0.717) is 25.7 Å². The number of hydrogen-bond donors (Lipinski definition) is 2. The van der Waals surface area contributed by atoms with E-state index in [4.69, 9.17) is 15.2 Å². The van der Waals surface area contributed by atoms with Crippen molar-refractivity contribution in [2.45, 2.75) is 13.0 Å². The summed E-state index contributed by atoms with van der Waals surface area (Å²) < 4.78 is 13.3. The van der Waals surface area contributed by atoms with E-state index < -0.39 is 0 Å². The Hall–Kier alpha value is -2.17. The number of anilines is 2. The summed E-state index contributed by atoms with van der Waals surface area (Å²) in [5, 5.41) is 3.08. The van der Waals surface area contributed by atoms with E-state index in [2.05, 4.69) is 15.3 Å². The van der Waals surface area contributed by atoms with Gasteiger partial charge in [0.15, 0.2) is 17.5 Å². The first-order chi connectivity index (χ1) is 12.0. The highest BCUT2D eigenvalue weighted by atomic mass is 127. The van der Waals surface area contributed by atoms with Crippen LogP contribution in [0.15, 0.2) is 29.4 Å². The molecule has 9 heteroatoms. The van der Waals surface area contributed by atoms with Gasteiger partial charge in [-0.3, -0.25) is 0 Å². The van der Waals surface area contributed by atoms with Crippen molar-refractivity contribution in [3.05, 3.63) is 30.1 Å². The third-order valence-electron chi connectivity index (χ3n) is 3.89. The minimum Gasteiger partial charge on any atom is -0.490 e. The molecule has 0 amide bonds. The Morgan fingerprint density at radius 1 is 1.31 bits per heavy atom. The van der Waals surface area contributed by atoms with Gasteiger partial charge < -0.3 is 30.0 Å². The maximum absolute atomic E-state index is 6.00. The maximum Gasteiger partial charge on any atom is 0.204 e. The number of aromatic nitrogens is 2. The Labute approximate surface area is 170 Å². The van der Waals surface area contributed by atoms with Crippen LogP contribution in [-0.2, 0) is 13.6 Å². The van der Waals surface area contributed by atoms with E-state index in [9.17, 15) is 0 Å². The fraction of sp³-hybridized carbons (Fsp3) is 0.412. The van der Waals surface area contributed by atoms with Gasteiger partial charge in [-0.05, 0) is 12.1 Å². The van der Waals surface area contributed by atoms with Crippen molar-refractivity contribution in [2.75, 3.05) is 37.5 Å². The van der Waals surface area contributed by atoms with Gasteiger partial charge in [-0.25, -0.2) is 9.98 Å². The van der Waals surface area contributed by atoms with Crippen LogP contribution in [-0.4, -0.2) is 42.8 Å². The molecule has 0 spiro atoms. The number of guanidine groups is 1. The predicted molar refractivity (Wildman–Crippen MR) is 114 cm³/mol. The Morgan fingerprint density at radius 3 is 2.73 bits per heavy atom. The lowest BCUT2D eigenvalue weighted by Gasteiger charge is -2.12. The molecule has 0 unspecified atom stereocenters. The number of halogens is 1. The van der Waals surface area contributed by atoms with Crippen LogP contribution in [0.5, 0.6) is 11.5 Å². The molecule has 26 heavy (non-hydrogen) atoms. The number of aliphatic imine (C=N–C) groups is 1. The number of nitrogens with zero attached hydrogens (tertiary/aromatic N) is 4. The van der Waals surface area contributed by atoms with Gasteiger partial charge in [-0.15, -0.1) is 24.0 Å². The first-order valence-corrected chi connectivity index (χ1v) is 8.19. The molecule has 0 saturated carbocycles. The van der Waals surface area contributed by atoms with E-state index in [0.717, 1.165) is 35.2 Å². The maximum atomic E-state index is 6.00. The summed E-state index contributed by atoms with van der Waals surface area (Å²) in [6.07, 6.45) is 2.68. The minimum atomic E-state index is 0. The molecule has 0 saturated heterocycles. The third kappa shape index (κ3) is 4.71. The van der Waals surface area contributed by atoms with E-state index >= 15 is 0 Å². The lowest BCUT2D eigenvalue weighted by atomic mass is 10.3. The lowest BCUT2D eigenvalue weighted by Crippen LogP contribution is -2.22. The average molecular weight is 472 g/mol. The van der Waals surface area contributed by atoms with Crippen LogP contribution < -0.4 is 25.4 Å². The van der Waals surface area contributed by atoms with Crippen molar-refractivity contribution in [1.82, 2.24) is 9.55 Å². The Kier molecular flexibility index (Phi) is 6.95. The molecule has 1 aromatic carbocycles. The highest BCUT2D eigenvalue weighted by molar-refractivity contribution is 14.0. The largest absolute Gasteiger partial charge is 0.490 e. The standard InChI is InChI=1S/C17H24N6O2.HI/c1-22(2)17-20-11-13(23(17)3)10-19-16(18)21-12-5-6-14-15(9-12)25-8-4-7-24-14;/h5-6,9,11H,4,7-8,10H2,1-3H3,(H3,18,19,21);1H. The highest BCUT2D eigenvalue weighted by Crippen LogP contribution is 2.32. The van der Waals surface area contributed by atoms with Crippen LogP contribution in [0.4, 0.5) is 11.6 Å². The van der Waals surface area contributed by atoms with Gasteiger partial charge in [0.25, 0.3) is 0 Å². The van der Waals surface area contributed by atoms with Gasteiger partial charge >= 0.3 is 0 Å². The summed E-state index contributed by atoms with van der Waals surface area (Å²) in [5.74, 6) is 2.68. The van der Waals surface area contributed by atoms with E-state index in [1.165, 1.54) is 0 Å². The Morgan fingerprint density at radius 2 is 2.04 bits per heavy atom. The molecule has 0 fully saturated rings. The second-order valence-corrected chi connectivity index (χ2v) is 6.04. The van der Waals surface area contributed by atoms with Crippen LogP contribution in [0.1, 0.15) is 12.1 Å². The smallest absolute Gasteiger partial charge is 0.204 e. The molecule has 142 valence electrons. The van der Waals surface area contributed by atoms with Gasteiger partial charge in [-0.2, -0.15) is 0 Å². The Bertz CT molecular complexity index is 775. The topological polar surface area (TPSA) is 89.9 Å². The van der Waals surface area contributed by atoms with Gasteiger partial charge in [-0.1, -0.05) is 0 Å². The number of nitrogens with one attached hydrogen (secondary N) is 1. The first-order valence-electron chi connectivity index (χ1n) is 8.19. The van der Waals surface area contributed by atoms with Crippen LogP contribution in [0, 0.1) is 0 Å². The molecule has 3 rings (SSSR count). The molecule has 0 aliphatic carbocycles. The molecule has 0 radical (unpaired) electrons. The average Bonchev–Trinajstić information content (AvgIpc) is 2.79. The summed E-state index contributed by atoms with van der Waals surface area (Å²) in [6.45, 7) is 1.76. The van der Waals surface area contributed by atoms with Crippen LogP contribution in [0.25, 0.3) is 0 Å². The van der Waals surface area contributed by atoms with Crippen molar-refractivity contribution in [3.8, 4) is 11.5 Å². The normalized spacial score (nSPS) is 13.6. The molecule has 3 N–H and O–H groups in total. The van der Waals surface area contributed by atoms with Crippen LogP contribution in [0.2, 0.25) is 0 Å². The zero-order valence-corrected chi connectivity index (χ0v) is 17.6. The summed E-state index contributed by atoms with van der Waals surface area (Å²) in [7, 11) is 5.87. The van der Waals surface area contributed by atoms with Gasteiger partial charge in [0.05, 0.1) is 31.6 Å². The predicted octanol–water partition coefficient (Wildman–Crippen LogP) is 2.19. The summed E-state index contributed by atoms with van der Waals surface area (Å²) in [4.78, 5) is 10.7. The van der Waals surface area contributed by atoms with Gasteiger partial charge in [0, 0.05) is 39.3 Å². The van der Waals surface area contributed by atoms with Gasteiger partial charge in [0.1, 0.15) is 0 Å². The number of rotatable bonds is 4. The lowest BCUT2D eigenvalue weighted by molar-refractivity contribution is 0.297. The monoisotopic (exact) mass is 472 g/mol. The van der Waals surface area contributed by atoms with Crippen molar-refractivity contribution in [2.24, 2.45) is 17.8 Å². The molecule has 1 aromatic heterocycles. The van der Waals surface area contributed by atoms with Crippen molar-refractivity contribution >= 4 is 41.6 Å². The number of benzene rings is 1. The highest BCUT2D eigenvalue weighted by Gasteiger charge is 2.11. The van der Waals surface area contributed by atoms with Gasteiger partial charge in [0.2, 0.25) is 5.95 Å². The molecular weight excluding hydrogens is 447 g/mol. The summed E-state index contributed by atoms with van der Waals surface area (Å²) >= 11 is 0. The van der Waals surface area contributed by atoms with Crippen molar-refractivity contribution < 1.29 is 9.47 Å². The van der Waals surface area contributed by atoms with Crippen LogP contribution in [0.3, 0.4) is 0 Å². The third-order valence-corrected chi connectivity index (χ3v) is 3.89. The molecule has 2 heterocycles. The number of imidazole rings is 1. The summed E-state index contributed by atoms with van der Waals surface area (Å²) in [6, 6.07) is 5.64. The molecular formula is C17H25IN6O2. The van der Waals surface area contributed by atoms with E-state index in [1.807, 2.05) is 48.8 Å². The molecule has 0 bridgehead atoms. The molecule has 1 aliphatic rings.